The molecule has 0 aliphatic heterocycles. The second kappa shape index (κ2) is 5.96. The summed E-state index contributed by atoms with van der Waals surface area (Å²) >= 11 is 0. The third-order valence-corrected chi connectivity index (χ3v) is 4.25. The Morgan fingerprint density at radius 1 is 1.24 bits per heavy atom. The Balaban J connectivity index is 1.66. The van der Waals surface area contributed by atoms with Crippen molar-refractivity contribution in [1.29, 1.82) is 0 Å². The Morgan fingerprint density at radius 2 is 2.10 bits per heavy atom. The Kier molecular flexibility index (Phi) is 4.04. The number of nitrogens with zero attached hydrogens (tertiary/aromatic N) is 1. The molecule has 2 aromatic rings. The normalized spacial score (nSPS) is 21.0. The van der Waals surface area contributed by atoms with Crippen LogP contribution in [-0.2, 0) is 18.6 Å². The van der Waals surface area contributed by atoms with Crippen molar-refractivity contribution in [3.05, 3.63) is 65.0 Å². The maximum Gasteiger partial charge on any atom is 0.102 e. The van der Waals surface area contributed by atoms with E-state index >= 15 is 0 Å². The van der Waals surface area contributed by atoms with E-state index < -0.39 is 5.60 Å². The van der Waals surface area contributed by atoms with Crippen molar-refractivity contribution < 1.29 is 5.11 Å². The fourth-order valence-electron chi connectivity index (χ4n) is 3.08. The minimum Gasteiger partial charge on any atom is -0.384 e. The molecule has 3 nitrogen and oxygen atoms in total. The zero-order valence-electron chi connectivity index (χ0n) is 12.5. The molecule has 1 aromatic heterocycles. The van der Waals surface area contributed by atoms with E-state index in [2.05, 4.69) is 28.5 Å². The van der Waals surface area contributed by atoms with Gasteiger partial charge in [0.25, 0.3) is 0 Å². The predicted molar refractivity (Wildman–Crippen MR) is 84.0 cm³/mol. The summed E-state index contributed by atoms with van der Waals surface area (Å²) in [6.45, 7) is 3.29. The topological polar surface area (TPSA) is 45.1 Å². The third kappa shape index (κ3) is 3.14. The number of hydrogen-bond donors (Lipinski definition) is 2. The first-order valence-electron chi connectivity index (χ1n) is 7.60. The SMILES string of the molecule is Cc1ccc(CNCC2(O)CCCc3ccccc32)nc1. The van der Waals surface area contributed by atoms with Gasteiger partial charge in [0.15, 0.2) is 0 Å². The molecule has 0 amide bonds. The van der Waals surface area contributed by atoms with Crippen molar-refractivity contribution in [2.45, 2.75) is 38.3 Å². The Bertz CT molecular complexity index is 609. The molecule has 0 fully saturated rings. The number of nitrogens with one attached hydrogen (secondary N) is 1. The van der Waals surface area contributed by atoms with Crippen molar-refractivity contribution >= 4 is 0 Å². The van der Waals surface area contributed by atoms with E-state index in [1.54, 1.807) is 0 Å². The first kappa shape index (κ1) is 14.2. The van der Waals surface area contributed by atoms with E-state index in [0.717, 1.165) is 30.5 Å². The number of hydrogen-bond acceptors (Lipinski definition) is 3. The van der Waals surface area contributed by atoms with Crippen LogP contribution in [0.3, 0.4) is 0 Å². The molecule has 1 heterocycles. The van der Waals surface area contributed by atoms with Gasteiger partial charge >= 0.3 is 0 Å². The van der Waals surface area contributed by atoms with Gasteiger partial charge in [-0.15, -0.1) is 0 Å². The van der Waals surface area contributed by atoms with Crippen LogP contribution in [0.2, 0.25) is 0 Å². The van der Waals surface area contributed by atoms with Crippen molar-refractivity contribution in [3.63, 3.8) is 0 Å². The maximum atomic E-state index is 11.0. The summed E-state index contributed by atoms with van der Waals surface area (Å²) < 4.78 is 0. The molecule has 1 atom stereocenters. The summed E-state index contributed by atoms with van der Waals surface area (Å²) in [6.07, 6.45) is 4.80. The van der Waals surface area contributed by atoms with E-state index in [-0.39, 0.29) is 0 Å². The zero-order valence-corrected chi connectivity index (χ0v) is 12.5. The maximum absolute atomic E-state index is 11.0. The number of fused-ring (bicyclic) bond motifs is 1. The zero-order chi connectivity index (χ0) is 14.7. The van der Waals surface area contributed by atoms with Crippen molar-refractivity contribution in [2.75, 3.05) is 6.54 Å². The van der Waals surface area contributed by atoms with Gasteiger partial charge in [-0.2, -0.15) is 0 Å². The third-order valence-electron chi connectivity index (χ3n) is 4.25. The van der Waals surface area contributed by atoms with Crippen LogP contribution in [0.15, 0.2) is 42.6 Å². The number of aliphatic hydroxyl groups is 1. The fraction of sp³-hybridized carbons (Fsp3) is 0.389. The number of rotatable bonds is 4. The molecular formula is C18H22N2O. The number of aromatic nitrogens is 1. The second-order valence-electron chi connectivity index (χ2n) is 5.97. The minimum atomic E-state index is -0.750. The van der Waals surface area contributed by atoms with Gasteiger partial charge < -0.3 is 10.4 Å². The highest BCUT2D eigenvalue weighted by molar-refractivity contribution is 5.35. The van der Waals surface area contributed by atoms with Crippen LogP contribution in [0.4, 0.5) is 0 Å². The van der Waals surface area contributed by atoms with Crippen LogP contribution < -0.4 is 5.32 Å². The number of pyridine rings is 1. The van der Waals surface area contributed by atoms with Crippen LogP contribution in [0, 0.1) is 6.92 Å². The first-order valence-corrected chi connectivity index (χ1v) is 7.60. The van der Waals surface area contributed by atoms with Crippen molar-refractivity contribution in [2.24, 2.45) is 0 Å². The summed E-state index contributed by atoms with van der Waals surface area (Å²) in [5, 5.41) is 14.3. The van der Waals surface area contributed by atoms with E-state index in [9.17, 15) is 5.11 Å². The van der Waals surface area contributed by atoms with Crippen molar-refractivity contribution in [3.8, 4) is 0 Å². The standard InChI is InChI=1S/C18H22N2O/c1-14-8-9-16(20-11-14)12-19-13-18(21)10-4-6-15-5-2-3-7-17(15)18/h2-3,5,7-9,11,19,21H,4,6,10,12-13H2,1H3. The molecule has 0 radical (unpaired) electrons. The van der Waals surface area contributed by atoms with Gasteiger partial charge in [-0.25, -0.2) is 0 Å². The van der Waals surface area contributed by atoms with Gasteiger partial charge in [0.05, 0.1) is 5.69 Å². The molecule has 1 aromatic carbocycles. The fourth-order valence-corrected chi connectivity index (χ4v) is 3.08. The van der Waals surface area contributed by atoms with Crippen LogP contribution >= 0.6 is 0 Å². The summed E-state index contributed by atoms with van der Waals surface area (Å²) in [5.74, 6) is 0. The van der Waals surface area contributed by atoms with E-state index in [1.807, 2.05) is 31.3 Å². The molecule has 2 N–H and O–H groups in total. The average molecular weight is 282 g/mol. The molecule has 3 heteroatoms. The van der Waals surface area contributed by atoms with Crippen LogP contribution in [0.5, 0.6) is 0 Å². The van der Waals surface area contributed by atoms with Gasteiger partial charge in [0, 0.05) is 19.3 Å². The van der Waals surface area contributed by atoms with E-state index in [0.29, 0.717) is 13.1 Å². The van der Waals surface area contributed by atoms with Crippen molar-refractivity contribution in [1.82, 2.24) is 10.3 Å². The van der Waals surface area contributed by atoms with Gasteiger partial charge in [0.1, 0.15) is 5.60 Å². The quantitative estimate of drug-likeness (QED) is 0.906. The average Bonchev–Trinajstić information content (AvgIpc) is 2.50. The Morgan fingerprint density at radius 3 is 2.90 bits per heavy atom. The molecule has 1 aliphatic rings. The molecule has 21 heavy (non-hydrogen) atoms. The molecule has 1 aliphatic carbocycles. The lowest BCUT2D eigenvalue weighted by Crippen LogP contribution is -2.40. The van der Waals surface area contributed by atoms with Gasteiger partial charge in [0.2, 0.25) is 0 Å². The van der Waals surface area contributed by atoms with Gasteiger partial charge in [-0.05, 0) is 48.9 Å². The molecule has 0 bridgehead atoms. The molecule has 110 valence electrons. The Labute approximate surface area is 126 Å². The summed E-state index contributed by atoms with van der Waals surface area (Å²) in [7, 11) is 0. The molecular weight excluding hydrogens is 260 g/mol. The summed E-state index contributed by atoms with van der Waals surface area (Å²) in [6, 6.07) is 12.3. The first-order chi connectivity index (χ1) is 10.2. The van der Waals surface area contributed by atoms with Gasteiger partial charge in [-0.1, -0.05) is 30.3 Å². The van der Waals surface area contributed by atoms with Crippen LogP contribution in [-0.4, -0.2) is 16.6 Å². The second-order valence-corrected chi connectivity index (χ2v) is 5.97. The smallest absolute Gasteiger partial charge is 0.102 e. The van der Waals surface area contributed by atoms with Crippen LogP contribution in [0.1, 0.15) is 35.2 Å². The predicted octanol–water partition coefficient (Wildman–Crippen LogP) is 2.70. The monoisotopic (exact) mass is 282 g/mol. The lowest BCUT2D eigenvalue weighted by Gasteiger charge is -2.34. The highest BCUT2D eigenvalue weighted by Crippen LogP contribution is 2.34. The number of aryl methyl sites for hydroxylation is 2. The molecule has 0 spiro atoms. The minimum absolute atomic E-state index is 0.569. The molecule has 3 rings (SSSR count). The highest BCUT2D eigenvalue weighted by atomic mass is 16.3. The highest BCUT2D eigenvalue weighted by Gasteiger charge is 2.33. The summed E-state index contributed by atoms with van der Waals surface area (Å²) in [4.78, 5) is 4.38. The largest absolute Gasteiger partial charge is 0.384 e. The van der Waals surface area contributed by atoms with E-state index in [1.165, 1.54) is 11.1 Å². The lowest BCUT2D eigenvalue weighted by molar-refractivity contribution is 0.0189. The van der Waals surface area contributed by atoms with Crippen LogP contribution in [0.25, 0.3) is 0 Å². The lowest BCUT2D eigenvalue weighted by atomic mass is 9.79. The molecule has 0 saturated carbocycles. The van der Waals surface area contributed by atoms with Gasteiger partial charge in [-0.3, -0.25) is 4.98 Å². The number of benzene rings is 1. The summed E-state index contributed by atoms with van der Waals surface area (Å²) in [5.41, 5.74) is 3.79. The Hall–Kier alpha value is -1.71. The van der Waals surface area contributed by atoms with E-state index in [4.69, 9.17) is 0 Å². The molecule has 1 unspecified atom stereocenters. The molecule has 0 saturated heterocycles.